The molecule has 0 spiro atoms. The zero-order valence-electron chi connectivity index (χ0n) is 13.4. The number of hydrogen-bond donors (Lipinski definition) is 1. The Morgan fingerprint density at radius 1 is 1.22 bits per heavy atom. The number of aliphatic carboxylic acids is 1. The van der Waals surface area contributed by atoms with Crippen LogP contribution in [0.2, 0.25) is 0 Å². The largest absolute Gasteiger partial charge is 0.481 e. The first-order chi connectivity index (χ1) is 11.0. The maximum Gasteiger partial charge on any atom is 0.311 e. The Kier molecular flexibility index (Phi) is 5.57. The monoisotopic (exact) mass is 315 g/mol. The number of aryl methyl sites for hydroxylation is 2. The summed E-state index contributed by atoms with van der Waals surface area (Å²) < 4.78 is 5.22. The number of rotatable bonds is 7. The lowest BCUT2D eigenvalue weighted by molar-refractivity contribution is -0.136. The predicted molar refractivity (Wildman–Crippen MR) is 86.5 cm³/mol. The molecule has 122 valence electrons. The summed E-state index contributed by atoms with van der Waals surface area (Å²) in [7, 11) is 1.73. The van der Waals surface area contributed by atoms with Crippen molar-refractivity contribution in [2.75, 3.05) is 13.6 Å². The summed E-state index contributed by atoms with van der Waals surface area (Å²) in [5, 5.41) is 8.90. The van der Waals surface area contributed by atoms with Crippen molar-refractivity contribution in [3.8, 4) is 0 Å². The quantitative estimate of drug-likeness (QED) is 0.853. The predicted octanol–water partition coefficient (Wildman–Crippen LogP) is 2.92. The highest BCUT2D eigenvalue weighted by molar-refractivity contribution is 5.97. The van der Waals surface area contributed by atoms with Crippen molar-refractivity contribution < 1.29 is 19.1 Å². The lowest BCUT2D eigenvalue weighted by Crippen LogP contribution is -2.29. The second-order valence-electron chi connectivity index (χ2n) is 5.60. The van der Waals surface area contributed by atoms with Crippen LogP contribution in [0.15, 0.2) is 41.0 Å². The SMILES string of the molecule is Cc1coc(CC(=O)O)c1C(=O)N(C)CCCc1ccccc1. The number of hydrogen-bond acceptors (Lipinski definition) is 3. The molecule has 0 aliphatic carbocycles. The molecule has 0 bridgehead atoms. The molecule has 23 heavy (non-hydrogen) atoms. The van der Waals surface area contributed by atoms with Gasteiger partial charge in [0.1, 0.15) is 12.2 Å². The summed E-state index contributed by atoms with van der Waals surface area (Å²) >= 11 is 0. The van der Waals surface area contributed by atoms with Crippen molar-refractivity contribution in [2.24, 2.45) is 0 Å². The molecule has 0 fully saturated rings. The van der Waals surface area contributed by atoms with Crippen molar-refractivity contribution in [1.82, 2.24) is 4.90 Å². The van der Waals surface area contributed by atoms with Crippen LogP contribution in [0.25, 0.3) is 0 Å². The Balaban J connectivity index is 1.97. The van der Waals surface area contributed by atoms with E-state index >= 15 is 0 Å². The number of furan rings is 1. The van der Waals surface area contributed by atoms with Gasteiger partial charge in [0.25, 0.3) is 5.91 Å². The standard InChI is InChI=1S/C18H21NO4/c1-13-12-23-15(11-16(20)21)17(13)18(22)19(2)10-6-9-14-7-4-3-5-8-14/h3-5,7-8,12H,6,9-11H2,1-2H3,(H,20,21). The van der Waals surface area contributed by atoms with Crippen molar-refractivity contribution >= 4 is 11.9 Å². The van der Waals surface area contributed by atoms with Crippen LogP contribution in [0.5, 0.6) is 0 Å². The van der Waals surface area contributed by atoms with Crippen molar-refractivity contribution in [3.63, 3.8) is 0 Å². The summed E-state index contributed by atoms with van der Waals surface area (Å²) in [4.78, 5) is 25.0. The summed E-state index contributed by atoms with van der Waals surface area (Å²) in [6.07, 6.45) is 2.89. The van der Waals surface area contributed by atoms with Crippen molar-refractivity contribution in [1.29, 1.82) is 0 Å². The van der Waals surface area contributed by atoms with Gasteiger partial charge in [0.15, 0.2) is 0 Å². The second kappa shape index (κ2) is 7.63. The lowest BCUT2D eigenvalue weighted by atomic mass is 10.1. The van der Waals surface area contributed by atoms with E-state index in [1.807, 2.05) is 18.2 Å². The number of carbonyl (C=O) groups is 2. The minimum Gasteiger partial charge on any atom is -0.481 e. The van der Waals surface area contributed by atoms with E-state index in [-0.39, 0.29) is 18.1 Å². The van der Waals surface area contributed by atoms with Crippen LogP contribution in [0.1, 0.15) is 33.7 Å². The third-order valence-corrected chi connectivity index (χ3v) is 3.73. The fourth-order valence-corrected chi connectivity index (χ4v) is 2.51. The summed E-state index contributed by atoms with van der Waals surface area (Å²) in [5.41, 5.74) is 2.27. The molecule has 2 rings (SSSR count). The molecule has 0 aliphatic rings. The molecule has 0 atom stereocenters. The average Bonchev–Trinajstić information content (AvgIpc) is 2.87. The lowest BCUT2D eigenvalue weighted by Gasteiger charge is -2.17. The fraction of sp³-hybridized carbons (Fsp3) is 0.333. The third kappa shape index (κ3) is 4.45. The van der Waals surface area contributed by atoms with Gasteiger partial charge in [-0.1, -0.05) is 30.3 Å². The van der Waals surface area contributed by atoms with E-state index in [0.717, 1.165) is 12.8 Å². The smallest absolute Gasteiger partial charge is 0.311 e. The topological polar surface area (TPSA) is 70.7 Å². The van der Waals surface area contributed by atoms with Crippen LogP contribution in [0.3, 0.4) is 0 Å². The van der Waals surface area contributed by atoms with E-state index in [2.05, 4.69) is 12.1 Å². The summed E-state index contributed by atoms with van der Waals surface area (Å²) in [5.74, 6) is -0.990. The first-order valence-electron chi connectivity index (χ1n) is 7.57. The van der Waals surface area contributed by atoms with E-state index in [0.29, 0.717) is 17.7 Å². The highest BCUT2D eigenvalue weighted by atomic mass is 16.4. The van der Waals surface area contributed by atoms with Crippen molar-refractivity contribution in [2.45, 2.75) is 26.2 Å². The van der Waals surface area contributed by atoms with Crippen LogP contribution in [-0.2, 0) is 17.6 Å². The first kappa shape index (κ1) is 16.8. The van der Waals surface area contributed by atoms with E-state index < -0.39 is 5.97 Å². The zero-order valence-corrected chi connectivity index (χ0v) is 13.4. The van der Waals surface area contributed by atoms with Gasteiger partial charge in [-0.15, -0.1) is 0 Å². The van der Waals surface area contributed by atoms with E-state index in [1.165, 1.54) is 11.8 Å². The van der Waals surface area contributed by atoms with Gasteiger partial charge in [-0.3, -0.25) is 9.59 Å². The molecule has 5 heteroatoms. The molecule has 1 heterocycles. The molecule has 2 aromatic rings. The van der Waals surface area contributed by atoms with Gasteiger partial charge >= 0.3 is 5.97 Å². The van der Waals surface area contributed by atoms with Gasteiger partial charge < -0.3 is 14.4 Å². The molecule has 0 aliphatic heterocycles. The molecule has 1 aromatic heterocycles. The number of carboxylic acids is 1. The normalized spacial score (nSPS) is 10.5. The number of benzene rings is 1. The van der Waals surface area contributed by atoms with Crippen LogP contribution in [0, 0.1) is 6.92 Å². The van der Waals surface area contributed by atoms with Crippen LogP contribution >= 0.6 is 0 Å². The Morgan fingerprint density at radius 2 is 1.91 bits per heavy atom. The van der Waals surface area contributed by atoms with E-state index in [9.17, 15) is 9.59 Å². The average molecular weight is 315 g/mol. The van der Waals surface area contributed by atoms with Crippen LogP contribution < -0.4 is 0 Å². The van der Waals surface area contributed by atoms with Gasteiger partial charge in [-0.05, 0) is 25.3 Å². The highest BCUT2D eigenvalue weighted by Crippen LogP contribution is 2.19. The minimum atomic E-state index is -1.01. The highest BCUT2D eigenvalue weighted by Gasteiger charge is 2.22. The zero-order chi connectivity index (χ0) is 16.8. The summed E-state index contributed by atoms with van der Waals surface area (Å²) in [6.45, 7) is 2.35. The molecule has 0 radical (unpaired) electrons. The third-order valence-electron chi connectivity index (χ3n) is 3.73. The van der Waals surface area contributed by atoms with Gasteiger partial charge in [0.2, 0.25) is 0 Å². The Bertz CT molecular complexity index is 676. The molecule has 0 unspecified atom stereocenters. The molecule has 5 nitrogen and oxygen atoms in total. The molecular weight excluding hydrogens is 294 g/mol. The number of amides is 1. The maximum absolute atomic E-state index is 12.5. The van der Waals surface area contributed by atoms with Crippen LogP contribution in [-0.4, -0.2) is 35.5 Å². The van der Waals surface area contributed by atoms with Gasteiger partial charge in [-0.25, -0.2) is 0 Å². The van der Waals surface area contributed by atoms with Gasteiger partial charge in [0.05, 0.1) is 11.8 Å². The molecular formula is C18H21NO4. The molecule has 1 N–H and O–H groups in total. The number of nitrogens with zero attached hydrogens (tertiary/aromatic N) is 1. The van der Waals surface area contributed by atoms with E-state index in [4.69, 9.17) is 9.52 Å². The fourth-order valence-electron chi connectivity index (χ4n) is 2.51. The Morgan fingerprint density at radius 3 is 2.57 bits per heavy atom. The van der Waals surface area contributed by atoms with E-state index in [1.54, 1.807) is 18.9 Å². The van der Waals surface area contributed by atoms with Gasteiger partial charge in [-0.2, -0.15) is 0 Å². The maximum atomic E-state index is 12.5. The number of carboxylic acid groups (broad SMARTS) is 1. The molecule has 0 saturated carbocycles. The molecule has 1 amide bonds. The van der Waals surface area contributed by atoms with Crippen LogP contribution in [0.4, 0.5) is 0 Å². The minimum absolute atomic E-state index is 0.194. The number of carbonyl (C=O) groups excluding carboxylic acids is 1. The molecule has 1 aromatic carbocycles. The van der Waals surface area contributed by atoms with Gasteiger partial charge in [0, 0.05) is 19.2 Å². The molecule has 0 saturated heterocycles. The second-order valence-corrected chi connectivity index (χ2v) is 5.60. The first-order valence-corrected chi connectivity index (χ1v) is 7.57. The van der Waals surface area contributed by atoms with Crippen molar-refractivity contribution in [3.05, 3.63) is 59.0 Å². The summed E-state index contributed by atoms with van der Waals surface area (Å²) in [6, 6.07) is 10.1. The Labute approximate surface area is 135 Å². The Hall–Kier alpha value is -2.56.